The van der Waals surface area contributed by atoms with Crippen LogP contribution in [0.1, 0.15) is 0 Å². The molecule has 0 saturated heterocycles. The van der Waals surface area contributed by atoms with E-state index < -0.39 is 0 Å². The predicted molar refractivity (Wildman–Crippen MR) is 59.0 cm³/mol. The maximum Gasteiger partial charge on any atom is 0.257 e. The quantitative estimate of drug-likeness (QED) is 0.656. The first kappa shape index (κ1) is 8.84. The van der Waals surface area contributed by atoms with E-state index >= 15 is 0 Å². The van der Waals surface area contributed by atoms with E-state index in [0.717, 1.165) is 5.65 Å². The Bertz CT molecular complexity index is 698. The molecule has 0 atom stereocenters. The number of rotatable bonds is 1. The van der Waals surface area contributed by atoms with Gasteiger partial charge in [-0.25, -0.2) is 9.50 Å². The minimum Gasteiger partial charge on any atom is -0.329 e. The lowest BCUT2D eigenvalue weighted by Crippen LogP contribution is -2.08. The summed E-state index contributed by atoms with van der Waals surface area (Å²) in [6.07, 6.45) is 4.91. The minimum absolute atomic E-state index is 0.144. The van der Waals surface area contributed by atoms with E-state index in [1.807, 2.05) is 6.07 Å². The Morgan fingerprint density at radius 3 is 3.06 bits per heavy atom. The summed E-state index contributed by atoms with van der Waals surface area (Å²) in [5, 5.41) is 4.16. The summed E-state index contributed by atoms with van der Waals surface area (Å²) < 4.78 is 1.64. The molecular formula is C11H8N4O. The van der Waals surface area contributed by atoms with Crippen molar-refractivity contribution in [3.8, 4) is 11.3 Å². The summed E-state index contributed by atoms with van der Waals surface area (Å²) in [5.74, 6) is 0. The topological polar surface area (TPSA) is 63.0 Å². The summed E-state index contributed by atoms with van der Waals surface area (Å²) in [5.41, 5.74) is 1.84. The Labute approximate surface area is 90.4 Å². The number of aromatic amines is 1. The molecule has 0 spiro atoms. The Balaban J connectivity index is 2.35. The zero-order valence-electron chi connectivity index (χ0n) is 8.29. The van der Waals surface area contributed by atoms with Crippen molar-refractivity contribution >= 4 is 5.65 Å². The maximum absolute atomic E-state index is 11.6. The van der Waals surface area contributed by atoms with Crippen LogP contribution in [-0.2, 0) is 0 Å². The molecule has 0 aliphatic carbocycles. The fourth-order valence-electron chi connectivity index (χ4n) is 1.64. The van der Waals surface area contributed by atoms with E-state index in [4.69, 9.17) is 0 Å². The number of fused-ring (bicyclic) bond motifs is 1. The molecule has 3 rings (SSSR count). The summed E-state index contributed by atoms with van der Waals surface area (Å²) in [4.78, 5) is 18.4. The van der Waals surface area contributed by atoms with Crippen LogP contribution in [0.15, 0.2) is 47.7 Å². The highest BCUT2D eigenvalue weighted by atomic mass is 16.1. The molecular weight excluding hydrogens is 204 g/mol. The highest BCUT2D eigenvalue weighted by Gasteiger charge is 2.08. The molecule has 0 aliphatic rings. The monoisotopic (exact) mass is 212 g/mol. The second-order valence-corrected chi connectivity index (χ2v) is 3.35. The van der Waals surface area contributed by atoms with E-state index in [2.05, 4.69) is 15.1 Å². The zero-order chi connectivity index (χ0) is 11.0. The molecule has 5 heteroatoms. The molecule has 3 heterocycles. The van der Waals surface area contributed by atoms with Gasteiger partial charge in [-0.3, -0.25) is 4.79 Å². The molecule has 1 N–H and O–H groups in total. The molecule has 0 aromatic carbocycles. The molecule has 0 unspecified atom stereocenters. The molecule has 0 radical (unpaired) electrons. The van der Waals surface area contributed by atoms with Crippen LogP contribution in [0, 0.1) is 0 Å². The van der Waals surface area contributed by atoms with Crippen LogP contribution in [0.4, 0.5) is 0 Å². The van der Waals surface area contributed by atoms with Gasteiger partial charge >= 0.3 is 0 Å². The van der Waals surface area contributed by atoms with Gasteiger partial charge < -0.3 is 4.98 Å². The number of nitrogens with one attached hydrogen (secondary N) is 1. The molecule has 3 aromatic rings. The maximum atomic E-state index is 11.6. The highest BCUT2D eigenvalue weighted by Crippen LogP contribution is 2.14. The number of hydrogen-bond acceptors (Lipinski definition) is 3. The molecule has 5 nitrogen and oxygen atoms in total. The number of imidazole rings is 1. The summed E-state index contributed by atoms with van der Waals surface area (Å²) in [7, 11) is 0. The first-order valence-electron chi connectivity index (χ1n) is 4.83. The molecule has 0 bridgehead atoms. The third-order valence-corrected chi connectivity index (χ3v) is 2.37. The van der Waals surface area contributed by atoms with Gasteiger partial charge in [0.05, 0.1) is 17.5 Å². The first-order valence-corrected chi connectivity index (χ1v) is 4.83. The fraction of sp³-hybridized carbons (Fsp3) is 0. The average Bonchev–Trinajstić information content (AvgIpc) is 2.74. The summed E-state index contributed by atoms with van der Waals surface area (Å²) in [6.45, 7) is 0. The molecule has 0 fully saturated rings. The van der Waals surface area contributed by atoms with Crippen LogP contribution in [-0.4, -0.2) is 19.6 Å². The number of nitrogens with zero attached hydrogens (tertiary/aromatic N) is 3. The average molecular weight is 212 g/mol. The van der Waals surface area contributed by atoms with Gasteiger partial charge in [0.1, 0.15) is 0 Å². The van der Waals surface area contributed by atoms with E-state index in [1.54, 1.807) is 41.3 Å². The molecule has 78 valence electrons. The van der Waals surface area contributed by atoms with E-state index in [-0.39, 0.29) is 5.56 Å². The van der Waals surface area contributed by atoms with Crippen LogP contribution in [0.2, 0.25) is 0 Å². The highest BCUT2D eigenvalue weighted by molar-refractivity contribution is 5.61. The van der Waals surface area contributed by atoms with Gasteiger partial charge in [0, 0.05) is 12.4 Å². The van der Waals surface area contributed by atoms with Gasteiger partial charge in [-0.1, -0.05) is 0 Å². The van der Waals surface area contributed by atoms with Crippen molar-refractivity contribution in [2.75, 3.05) is 0 Å². The summed E-state index contributed by atoms with van der Waals surface area (Å²) >= 11 is 0. The molecule has 16 heavy (non-hydrogen) atoms. The van der Waals surface area contributed by atoms with Gasteiger partial charge in [0.15, 0.2) is 5.65 Å². The van der Waals surface area contributed by atoms with Crippen molar-refractivity contribution in [1.29, 1.82) is 0 Å². The Morgan fingerprint density at radius 1 is 1.25 bits per heavy atom. The van der Waals surface area contributed by atoms with Crippen LogP contribution >= 0.6 is 0 Å². The smallest absolute Gasteiger partial charge is 0.257 e. The van der Waals surface area contributed by atoms with Crippen LogP contribution < -0.4 is 5.56 Å². The van der Waals surface area contributed by atoms with Gasteiger partial charge in [0.25, 0.3) is 5.56 Å². The lowest BCUT2D eigenvalue weighted by molar-refractivity contribution is 0.940. The number of aromatic nitrogens is 4. The van der Waals surface area contributed by atoms with Gasteiger partial charge in [0.2, 0.25) is 0 Å². The molecule has 0 saturated carbocycles. The molecule has 0 amide bonds. The molecule has 0 aliphatic heterocycles. The van der Waals surface area contributed by atoms with Crippen molar-refractivity contribution in [3.05, 3.63) is 53.2 Å². The van der Waals surface area contributed by atoms with Gasteiger partial charge in [-0.15, -0.1) is 0 Å². The second kappa shape index (κ2) is 3.30. The third-order valence-electron chi connectivity index (χ3n) is 2.37. The lowest BCUT2D eigenvalue weighted by Gasteiger charge is -1.98. The van der Waals surface area contributed by atoms with E-state index in [9.17, 15) is 4.79 Å². The van der Waals surface area contributed by atoms with Crippen molar-refractivity contribution < 1.29 is 0 Å². The number of pyridine rings is 1. The van der Waals surface area contributed by atoms with E-state index in [0.29, 0.717) is 11.3 Å². The van der Waals surface area contributed by atoms with E-state index in [1.165, 1.54) is 0 Å². The Morgan fingerprint density at radius 2 is 2.19 bits per heavy atom. The van der Waals surface area contributed by atoms with Crippen molar-refractivity contribution in [2.24, 2.45) is 0 Å². The van der Waals surface area contributed by atoms with Crippen molar-refractivity contribution in [3.63, 3.8) is 0 Å². The minimum atomic E-state index is -0.144. The van der Waals surface area contributed by atoms with Crippen LogP contribution in [0.25, 0.3) is 16.9 Å². The summed E-state index contributed by atoms with van der Waals surface area (Å²) in [6, 6.07) is 7.17. The number of H-pyrrole nitrogens is 1. The van der Waals surface area contributed by atoms with Gasteiger partial charge in [-0.2, -0.15) is 5.10 Å². The fourth-order valence-corrected chi connectivity index (χ4v) is 1.64. The van der Waals surface area contributed by atoms with Crippen molar-refractivity contribution in [2.45, 2.75) is 0 Å². The normalized spacial score (nSPS) is 10.8. The van der Waals surface area contributed by atoms with Crippen molar-refractivity contribution in [1.82, 2.24) is 19.6 Å². The Hall–Kier alpha value is -2.43. The SMILES string of the molecule is O=c1[nH]cccc1-c1cnc2cccnn12. The Kier molecular flexibility index (Phi) is 1.83. The second-order valence-electron chi connectivity index (χ2n) is 3.35. The number of hydrogen-bond donors (Lipinski definition) is 1. The third kappa shape index (κ3) is 1.22. The first-order chi connectivity index (χ1) is 7.86. The molecule has 3 aromatic heterocycles. The predicted octanol–water partition coefficient (Wildman–Crippen LogP) is 1.08. The lowest BCUT2D eigenvalue weighted by atomic mass is 10.2. The van der Waals surface area contributed by atoms with Gasteiger partial charge in [-0.05, 0) is 24.3 Å². The standard InChI is InChI=1S/C11H8N4O/c16-11-8(3-1-5-12-11)9-7-13-10-4-2-6-14-15(9)10/h1-7H,(H,12,16). The van der Waals surface area contributed by atoms with Crippen LogP contribution in [0.3, 0.4) is 0 Å². The largest absolute Gasteiger partial charge is 0.329 e. The van der Waals surface area contributed by atoms with Crippen LogP contribution in [0.5, 0.6) is 0 Å². The zero-order valence-corrected chi connectivity index (χ0v) is 8.29.